The molecule has 6 nitrogen and oxygen atoms in total. The summed E-state index contributed by atoms with van der Waals surface area (Å²) in [5, 5.41) is 13.7. The number of nitrogens with zero attached hydrogens (tertiary/aromatic N) is 2. The third kappa shape index (κ3) is 4.62. The van der Waals surface area contributed by atoms with Gasteiger partial charge in [0, 0.05) is 17.5 Å². The molecule has 3 rings (SSSR count). The minimum absolute atomic E-state index is 0.0697. The van der Waals surface area contributed by atoms with Gasteiger partial charge in [-0.05, 0) is 31.2 Å². The second-order valence-electron chi connectivity index (χ2n) is 6.05. The number of halogens is 3. The van der Waals surface area contributed by atoms with Crippen LogP contribution in [0, 0.1) is 17.1 Å². The summed E-state index contributed by atoms with van der Waals surface area (Å²) in [7, 11) is 1.49. The SMILES string of the molecule is COc1cc(Nc2cc(C#N)nc3cc(F)c(OCCCN)cc23)c(Cl)cc1Cl. The van der Waals surface area contributed by atoms with Gasteiger partial charge in [0.25, 0.3) is 0 Å². The van der Waals surface area contributed by atoms with Crippen LogP contribution in [0.25, 0.3) is 10.9 Å². The lowest BCUT2D eigenvalue weighted by Gasteiger charge is -2.15. The molecule has 0 saturated carbocycles. The maximum atomic E-state index is 14.4. The van der Waals surface area contributed by atoms with E-state index in [1.165, 1.54) is 19.2 Å². The molecule has 2 aromatic carbocycles. The summed E-state index contributed by atoms with van der Waals surface area (Å²) < 4.78 is 25.1. The fourth-order valence-electron chi connectivity index (χ4n) is 2.69. The molecule has 0 spiro atoms. The number of hydrogen-bond acceptors (Lipinski definition) is 6. The first kappa shape index (κ1) is 20.9. The molecule has 0 aliphatic heterocycles. The van der Waals surface area contributed by atoms with Crippen molar-refractivity contribution in [1.82, 2.24) is 4.98 Å². The summed E-state index contributed by atoms with van der Waals surface area (Å²) in [6.07, 6.45) is 0.592. The standard InChI is InChI=1S/C20H17Cl2FN4O2/c1-28-19-9-18(13(21)7-14(19)22)27-16-5-11(10-25)26-17-8-15(23)20(6-12(16)17)29-4-2-3-24/h5-9H,2-4,24H2,1H3,(H,26,27). The molecule has 0 aliphatic rings. The molecule has 0 aliphatic carbocycles. The Bertz CT molecular complexity index is 1100. The van der Waals surface area contributed by atoms with Crippen LogP contribution < -0.4 is 20.5 Å². The van der Waals surface area contributed by atoms with Crippen LogP contribution in [0.2, 0.25) is 10.0 Å². The summed E-state index contributed by atoms with van der Waals surface area (Å²) in [5.74, 6) is -0.0798. The maximum Gasteiger partial charge on any atom is 0.167 e. The largest absolute Gasteiger partial charge is 0.495 e. The molecule has 1 heterocycles. The fraction of sp³-hybridized carbons (Fsp3) is 0.200. The Labute approximate surface area is 176 Å². The van der Waals surface area contributed by atoms with E-state index in [-0.39, 0.29) is 18.1 Å². The monoisotopic (exact) mass is 434 g/mol. The highest BCUT2D eigenvalue weighted by Gasteiger charge is 2.14. The average molecular weight is 435 g/mol. The minimum Gasteiger partial charge on any atom is -0.495 e. The van der Waals surface area contributed by atoms with Crippen LogP contribution in [-0.4, -0.2) is 25.2 Å². The molecule has 0 bridgehead atoms. The molecule has 1 aromatic heterocycles. The van der Waals surface area contributed by atoms with Crippen molar-refractivity contribution >= 4 is 45.5 Å². The fourth-order valence-corrected chi connectivity index (χ4v) is 3.20. The predicted octanol–water partition coefficient (Wildman–Crippen LogP) is 5.03. The Morgan fingerprint density at radius 1 is 1.14 bits per heavy atom. The van der Waals surface area contributed by atoms with E-state index >= 15 is 0 Å². The first-order valence-electron chi connectivity index (χ1n) is 8.64. The number of anilines is 2. The summed E-state index contributed by atoms with van der Waals surface area (Å²) in [5.41, 5.74) is 6.87. The van der Waals surface area contributed by atoms with Gasteiger partial charge in [0.15, 0.2) is 11.6 Å². The Balaban J connectivity index is 2.10. The van der Waals surface area contributed by atoms with Crippen molar-refractivity contribution in [3.05, 3.63) is 51.9 Å². The molecule has 150 valence electrons. The van der Waals surface area contributed by atoms with Crippen LogP contribution in [0.15, 0.2) is 30.3 Å². The number of nitriles is 1. The van der Waals surface area contributed by atoms with E-state index in [0.29, 0.717) is 51.0 Å². The molecule has 9 heteroatoms. The van der Waals surface area contributed by atoms with Crippen molar-refractivity contribution in [3.8, 4) is 17.6 Å². The zero-order chi connectivity index (χ0) is 21.0. The van der Waals surface area contributed by atoms with Gasteiger partial charge in [-0.15, -0.1) is 0 Å². The lowest BCUT2D eigenvalue weighted by molar-refractivity contribution is 0.298. The predicted molar refractivity (Wildman–Crippen MR) is 112 cm³/mol. The van der Waals surface area contributed by atoms with Gasteiger partial charge in [-0.25, -0.2) is 9.37 Å². The van der Waals surface area contributed by atoms with Gasteiger partial charge in [0.2, 0.25) is 0 Å². The highest BCUT2D eigenvalue weighted by atomic mass is 35.5. The number of methoxy groups -OCH3 is 1. The van der Waals surface area contributed by atoms with Gasteiger partial charge < -0.3 is 20.5 Å². The molecule has 0 unspecified atom stereocenters. The zero-order valence-electron chi connectivity index (χ0n) is 15.4. The lowest BCUT2D eigenvalue weighted by atomic mass is 10.1. The molecule has 0 atom stereocenters. The Hall–Kier alpha value is -2.79. The van der Waals surface area contributed by atoms with Crippen LogP contribution in [0.5, 0.6) is 11.5 Å². The number of hydrogen-bond donors (Lipinski definition) is 2. The number of aromatic nitrogens is 1. The van der Waals surface area contributed by atoms with Crippen molar-refractivity contribution < 1.29 is 13.9 Å². The highest BCUT2D eigenvalue weighted by molar-refractivity contribution is 6.37. The van der Waals surface area contributed by atoms with Crippen LogP contribution in [-0.2, 0) is 0 Å². The first-order chi connectivity index (χ1) is 14.0. The van der Waals surface area contributed by atoms with Crippen molar-refractivity contribution in [2.75, 3.05) is 25.6 Å². The molecule has 0 radical (unpaired) electrons. The van der Waals surface area contributed by atoms with E-state index in [9.17, 15) is 9.65 Å². The molecular weight excluding hydrogens is 418 g/mol. The van der Waals surface area contributed by atoms with Gasteiger partial charge in [-0.3, -0.25) is 0 Å². The number of fused-ring (bicyclic) bond motifs is 1. The number of rotatable bonds is 7. The van der Waals surface area contributed by atoms with Crippen molar-refractivity contribution in [3.63, 3.8) is 0 Å². The molecule has 0 fully saturated rings. The Morgan fingerprint density at radius 3 is 2.62 bits per heavy atom. The van der Waals surface area contributed by atoms with Gasteiger partial charge in [-0.2, -0.15) is 5.26 Å². The zero-order valence-corrected chi connectivity index (χ0v) is 16.9. The quantitative estimate of drug-likeness (QED) is 0.506. The smallest absolute Gasteiger partial charge is 0.167 e. The summed E-state index contributed by atoms with van der Waals surface area (Å²) in [6, 6.07) is 9.44. The lowest BCUT2D eigenvalue weighted by Crippen LogP contribution is -2.07. The second-order valence-corrected chi connectivity index (χ2v) is 6.86. The Kier molecular flexibility index (Phi) is 6.60. The molecule has 0 amide bonds. The average Bonchev–Trinajstić information content (AvgIpc) is 2.70. The summed E-state index contributed by atoms with van der Waals surface area (Å²) in [6.45, 7) is 0.720. The van der Waals surface area contributed by atoms with Gasteiger partial charge in [-0.1, -0.05) is 23.2 Å². The highest BCUT2D eigenvalue weighted by Crippen LogP contribution is 2.38. The van der Waals surface area contributed by atoms with Crippen molar-refractivity contribution in [2.45, 2.75) is 6.42 Å². The topological polar surface area (TPSA) is 93.2 Å². The van der Waals surface area contributed by atoms with Crippen LogP contribution in [0.3, 0.4) is 0 Å². The van der Waals surface area contributed by atoms with Gasteiger partial charge in [0.1, 0.15) is 17.5 Å². The van der Waals surface area contributed by atoms with E-state index in [4.69, 9.17) is 38.4 Å². The van der Waals surface area contributed by atoms with E-state index in [0.717, 1.165) is 0 Å². The van der Waals surface area contributed by atoms with E-state index in [1.807, 2.05) is 6.07 Å². The number of ether oxygens (including phenoxy) is 2. The minimum atomic E-state index is -0.575. The third-order valence-corrected chi connectivity index (χ3v) is 4.70. The van der Waals surface area contributed by atoms with Gasteiger partial charge in [0.05, 0.1) is 40.7 Å². The first-order valence-corrected chi connectivity index (χ1v) is 9.39. The Morgan fingerprint density at radius 2 is 1.93 bits per heavy atom. The molecule has 3 N–H and O–H groups in total. The number of nitrogens with one attached hydrogen (secondary N) is 1. The van der Waals surface area contributed by atoms with Crippen LogP contribution in [0.4, 0.5) is 15.8 Å². The summed E-state index contributed by atoms with van der Waals surface area (Å²) in [4.78, 5) is 4.17. The molecule has 0 saturated heterocycles. The molecular formula is C20H17Cl2FN4O2. The molecule has 3 aromatic rings. The number of benzene rings is 2. The second kappa shape index (κ2) is 9.14. The van der Waals surface area contributed by atoms with E-state index in [2.05, 4.69) is 10.3 Å². The van der Waals surface area contributed by atoms with Crippen molar-refractivity contribution in [1.29, 1.82) is 5.26 Å². The van der Waals surface area contributed by atoms with Crippen LogP contribution >= 0.6 is 23.2 Å². The van der Waals surface area contributed by atoms with E-state index < -0.39 is 5.82 Å². The summed E-state index contributed by atoms with van der Waals surface area (Å²) >= 11 is 12.4. The van der Waals surface area contributed by atoms with Crippen molar-refractivity contribution in [2.24, 2.45) is 5.73 Å². The van der Waals surface area contributed by atoms with E-state index in [1.54, 1.807) is 18.2 Å². The normalized spacial score (nSPS) is 10.6. The maximum absolute atomic E-state index is 14.4. The third-order valence-electron chi connectivity index (χ3n) is 4.09. The number of pyridine rings is 1. The number of nitrogens with two attached hydrogens (primary N) is 1. The molecule has 29 heavy (non-hydrogen) atoms. The van der Waals surface area contributed by atoms with Crippen LogP contribution in [0.1, 0.15) is 12.1 Å². The van der Waals surface area contributed by atoms with Gasteiger partial charge >= 0.3 is 0 Å².